The zero-order valence-corrected chi connectivity index (χ0v) is 19.5. The number of carbonyl (C=O) groups excluding carboxylic acids is 4. The van der Waals surface area contributed by atoms with Gasteiger partial charge in [0.2, 0.25) is 11.8 Å². The summed E-state index contributed by atoms with van der Waals surface area (Å²) >= 11 is 0. The largest absolute Gasteiger partial charge is 0.427 e. The fourth-order valence-electron chi connectivity index (χ4n) is 5.67. The van der Waals surface area contributed by atoms with Gasteiger partial charge in [-0.1, -0.05) is 40.5 Å². The molecule has 0 N–H and O–H groups in total. The van der Waals surface area contributed by atoms with E-state index in [-0.39, 0.29) is 46.9 Å². The number of nitrogens with zero attached hydrogens (tertiary/aromatic N) is 2. The summed E-state index contributed by atoms with van der Waals surface area (Å²) in [5.74, 6) is -0.918. The molecule has 3 aliphatic rings. The molecule has 3 fully saturated rings. The van der Waals surface area contributed by atoms with Gasteiger partial charge >= 0.3 is 5.97 Å². The molecular formula is C25H32N2O5. The molecule has 0 spiro atoms. The molecule has 7 nitrogen and oxygen atoms in total. The van der Waals surface area contributed by atoms with Crippen LogP contribution in [0, 0.1) is 16.7 Å². The number of imide groups is 1. The molecule has 1 saturated heterocycles. The normalized spacial score (nSPS) is 24.7. The van der Waals surface area contributed by atoms with Gasteiger partial charge in [0.1, 0.15) is 11.8 Å². The molecule has 32 heavy (non-hydrogen) atoms. The third-order valence-corrected chi connectivity index (χ3v) is 8.06. The Morgan fingerprint density at radius 1 is 1.00 bits per heavy atom. The van der Waals surface area contributed by atoms with Gasteiger partial charge in [-0.25, -0.2) is 4.90 Å². The fraction of sp³-hybridized carbons (Fsp3) is 0.600. The fourth-order valence-corrected chi connectivity index (χ4v) is 5.67. The molecule has 1 aromatic rings. The Kier molecular flexibility index (Phi) is 5.42. The highest BCUT2D eigenvalue weighted by Gasteiger charge is 2.69. The van der Waals surface area contributed by atoms with Crippen molar-refractivity contribution in [2.24, 2.45) is 16.7 Å². The Bertz CT molecular complexity index is 945. The van der Waals surface area contributed by atoms with Gasteiger partial charge < -0.3 is 9.64 Å². The van der Waals surface area contributed by atoms with E-state index in [1.54, 1.807) is 29.2 Å². The number of rotatable bonds is 5. The number of hydrogen-bond acceptors (Lipinski definition) is 5. The third kappa shape index (κ3) is 3.51. The summed E-state index contributed by atoms with van der Waals surface area (Å²) < 4.78 is 5.04. The molecular weight excluding hydrogens is 408 g/mol. The highest BCUT2D eigenvalue weighted by Crippen LogP contribution is 2.69. The predicted molar refractivity (Wildman–Crippen MR) is 119 cm³/mol. The minimum absolute atomic E-state index is 0.000345. The standard InChI is InChI=1S/C25H32N2O5/c1-15(28)32-18-12-10-17(11-13-18)27-20(29)14-19(22(27)30)26(16-8-6-7-9-16)23(31)21-24(2,3)25(21,4)5/h10-13,16,19,21H,6-9,14H2,1-5H3. The summed E-state index contributed by atoms with van der Waals surface area (Å²) in [5, 5.41) is 0. The molecule has 0 aromatic heterocycles. The van der Waals surface area contributed by atoms with Crippen LogP contribution in [-0.2, 0) is 19.2 Å². The molecule has 1 heterocycles. The Labute approximate surface area is 189 Å². The van der Waals surface area contributed by atoms with Crippen LogP contribution in [0.4, 0.5) is 5.69 Å². The van der Waals surface area contributed by atoms with Crippen LogP contribution in [0.3, 0.4) is 0 Å². The van der Waals surface area contributed by atoms with Gasteiger partial charge in [0.05, 0.1) is 12.1 Å². The zero-order chi connectivity index (χ0) is 23.4. The van der Waals surface area contributed by atoms with Crippen molar-refractivity contribution in [1.82, 2.24) is 4.90 Å². The first-order chi connectivity index (χ1) is 15.0. The van der Waals surface area contributed by atoms with Crippen LogP contribution in [0.15, 0.2) is 24.3 Å². The second-order valence-electron chi connectivity index (χ2n) is 10.4. The van der Waals surface area contributed by atoms with Crippen LogP contribution in [0.1, 0.15) is 66.7 Å². The van der Waals surface area contributed by atoms with E-state index in [1.807, 2.05) is 0 Å². The van der Waals surface area contributed by atoms with E-state index >= 15 is 0 Å². The van der Waals surface area contributed by atoms with E-state index in [0.29, 0.717) is 11.4 Å². The Hall–Kier alpha value is -2.70. The van der Waals surface area contributed by atoms with Crippen LogP contribution in [0.2, 0.25) is 0 Å². The van der Waals surface area contributed by atoms with Crippen molar-refractivity contribution >= 4 is 29.4 Å². The molecule has 172 valence electrons. The van der Waals surface area contributed by atoms with Crippen molar-refractivity contribution in [3.8, 4) is 5.75 Å². The summed E-state index contributed by atoms with van der Waals surface area (Å²) in [6.45, 7) is 9.70. The minimum Gasteiger partial charge on any atom is -0.427 e. The van der Waals surface area contributed by atoms with Gasteiger partial charge in [-0.05, 0) is 47.9 Å². The van der Waals surface area contributed by atoms with Crippen molar-refractivity contribution in [2.45, 2.75) is 78.8 Å². The van der Waals surface area contributed by atoms with E-state index in [1.165, 1.54) is 11.8 Å². The highest BCUT2D eigenvalue weighted by atomic mass is 16.5. The van der Waals surface area contributed by atoms with E-state index < -0.39 is 12.0 Å². The van der Waals surface area contributed by atoms with Gasteiger partial charge in [0.15, 0.2) is 0 Å². The average Bonchev–Trinajstić information content (AvgIpc) is 3.13. The summed E-state index contributed by atoms with van der Waals surface area (Å²) in [4.78, 5) is 54.2. The molecule has 1 unspecified atom stereocenters. The molecule has 7 heteroatoms. The number of anilines is 1. The van der Waals surface area contributed by atoms with Crippen molar-refractivity contribution in [1.29, 1.82) is 0 Å². The lowest BCUT2D eigenvalue weighted by atomic mass is 10.0. The van der Waals surface area contributed by atoms with Gasteiger partial charge in [-0.2, -0.15) is 0 Å². The van der Waals surface area contributed by atoms with E-state index in [4.69, 9.17) is 4.74 Å². The lowest BCUT2D eigenvalue weighted by molar-refractivity contribution is -0.143. The second kappa shape index (κ2) is 7.71. The summed E-state index contributed by atoms with van der Waals surface area (Å²) in [6.07, 6.45) is 3.80. The number of esters is 1. The van der Waals surface area contributed by atoms with Gasteiger partial charge in [0.25, 0.3) is 5.91 Å². The van der Waals surface area contributed by atoms with Crippen molar-refractivity contribution in [3.05, 3.63) is 24.3 Å². The number of amides is 3. The summed E-state index contributed by atoms with van der Waals surface area (Å²) in [6, 6.07) is 5.52. The summed E-state index contributed by atoms with van der Waals surface area (Å²) in [7, 11) is 0. The van der Waals surface area contributed by atoms with E-state index in [0.717, 1.165) is 25.7 Å². The molecule has 4 rings (SSSR count). The van der Waals surface area contributed by atoms with Crippen LogP contribution in [-0.4, -0.2) is 40.7 Å². The number of carbonyl (C=O) groups is 4. The number of ether oxygens (including phenoxy) is 1. The van der Waals surface area contributed by atoms with Crippen LogP contribution in [0.25, 0.3) is 0 Å². The Morgan fingerprint density at radius 2 is 1.56 bits per heavy atom. The lowest BCUT2D eigenvalue weighted by Gasteiger charge is -2.34. The SMILES string of the molecule is CC(=O)Oc1ccc(N2C(=O)CC(N(C(=O)C3C(C)(C)C3(C)C)C3CCCC3)C2=O)cc1. The first-order valence-electron chi connectivity index (χ1n) is 11.4. The molecule has 2 saturated carbocycles. The van der Waals surface area contributed by atoms with Crippen LogP contribution >= 0.6 is 0 Å². The van der Waals surface area contributed by atoms with Crippen molar-refractivity contribution in [2.75, 3.05) is 4.90 Å². The second-order valence-corrected chi connectivity index (χ2v) is 10.4. The first-order valence-corrected chi connectivity index (χ1v) is 11.4. The quantitative estimate of drug-likeness (QED) is 0.396. The maximum absolute atomic E-state index is 13.7. The first kappa shape index (κ1) is 22.5. The number of hydrogen-bond donors (Lipinski definition) is 0. The van der Waals surface area contributed by atoms with Gasteiger partial charge in [-0.3, -0.25) is 19.2 Å². The Balaban J connectivity index is 1.60. The van der Waals surface area contributed by atoms with Crippen molar-refractivity contribution < 1.29 is 23.9 Å². The maximum Gasteiger partial charge on any atom is 0.308 e. The molecule has 1 atom stereocenters. The van der Waals surface area contributed by atoms with Gasteiger partial charge in [0, 0.05) is 18.9 Å². The van der Waals surface area contributed by atoms with Crippen LogP contribution in [0.5, 0.6) is 5.75 Å². The average molecular weight is 441 g/mol. The predicted octanol–water partition coefficient (Wildman–Crippen LogP) is 3.70. The maximum atomic E-state index is 13.7. The molecule has 0 radical (unpaired) electrons. The third-order valence-electron chi connectivity index (χ3n) is 8.06. The minimum atomic E-state index is -0.765. The monoisotopic (exact) mass is 440 g/mol. The molecule has 0 bridgehead atoms. The summed E-state index contributed by atoms with van der Waals surface area (Å²) in [5.41, 5.74) is 0.141. The van der Waals surface area contributed by atoms with E-state index in [2.05, 4.69) is 27.7 Å². The van der Waals surface area contributed by atoms with Crippen LogP contribution < -0.4 is 9.64 Å². The molecule has 3 amide bonds. The zero-order valence-electron chi connectivity index (χ0n) is 19.5. The topological polar surface area (TPSA) is 84.0 Å². The van der Waals surface area contributed by atoms with Crippen molar-refractivity contribution in [3.63, 3.8) is 0 Å². The molecule has 2 aliphatic carbocycles. The van der Waals surface area contributed by atoms with Gasteiger partial charge in [-0.15, -0.1) is 0 Å². The lowest BCUT2D eigenvalue weighted by Crippen LogP contribution is -2.51. The van der Waals surface area contributed by atoms with E-state index in [9.17, 15) is 19.2 Å². The highest BCUT2D eigenvalue weighted by molar-refractivity contribution is 6.23. The smallest absolute Gasteiger partial charge is 0.308 e. The molecule has 1 aromatic carbocycles. The Morgan fingerprint density at radius 3 is 2.06 bits per heavy atom. The molecule has 1 aliphatic heterocycles. The number of benzene rings is 1.